The summed E-state index contributed by atoms with van der Waals surface area (Å²) in [4.78, 5) is 2.37. The van der Waals surface area contributed by atoms with E-state index in [9.17, 15) is 0 Å². The first kappa shape index (κ1) is 26.0. The van der Waals surface area contributed by atoms with Crippen molar-refractivity contribution in [1.29, 1.82) is 0 Å². The fraction of sp³-hybridized carbons (Fsp3) is 0.222. The quantitative estimate of drug-likeness (QED) is 0.244. The number of fused-ring (bicyclic) bond motifs is 4. The first-order valence-electron chi connectivity index (χ1n) is 13.5. The maximum absolute atomic E-state index is 6.56. The smallest absolute Gasteiger partial charge is 0.0598 e. The van der Waals surface area contributed by atoms with Gasteiger partial charge in [0.25, 0.3) is 0 Å². The number of nitrogens with zero attached hydrogens (tertiary/aromatic N) is 1. The molecule has 196 valence electrons. The molecule has 0 N–H and O–H groups in total. The van der Waals surface area contributed by atoms with E-state index in [1.807, 2.05) is 6.07 Å². The summed E-state index contributed by atoms with van der Waals surface area (Å²) >= 11 is 13.1. The van der Waals surface area contributed by atoms with Crippen molar-refractivity contribution < 1.29 is 0 Å². The SMILES string of the molecule is CC1=C(/C=C/C=C2/N(C)c3c(ccc4ccccc34)C2(C)C)C(C)(Cc2ccccc2)c2cc(Cl)c(Cl)cc21. The van der Waals surface area contributed by atoms with E-state index in [1.165, 1.54) is 55.6 Å². The Bertz CT molecular complexity index is 1710. The molecular formula is C36H33Cl2N. The molecule has 0 saturated heterocycles. The van der Waals surface area contributed by atoms with Crippen LogP contribution in [-0.4, -0.2) is 7.05 Å². The van der Waals surface area contributed by atoms with E-state index in [4.69, 9.17) is 23.2 Å². The van der Waals surface area contributed by atoms with Gasteiger partial charge in [-0.1, -0.05) is 123 Å². The van der Waals surface area contributed by atoms with Gasteiger partial charge in [0.05, 0.1) is 15.7 Å². The van der Waals surface area contributed by atoms with Crippen LogP contribution in [0.1, 0.15) is 49.9 Å². The van der Waals surface area contributed by atoms with Crippen LogP contribution in [0, 0.1) is 0 Å². The maximum Gasteiger partial charge on any atom is 0.0598 e. The zero-order valence-electron chi connectivity index (χ0n) is 23.1. The Balaban J connectivity index is 1.43. The molecule has 0 saturated carbocycles. The van der Waals surface area contributed by atoms with Crippen LogP contribution in [0.5, 0.6) is 0 Å². The van der Waals surface area contributed by atoms with Crippen molar-refractivity contribution in [3.63, 3.8) is 0 Å². The Hall–Kier alpha value is -3.26. The van der Waals surface area contributed by atoms with Gasteiger partial charge in [0.15, 0.2) is 0 Å². The lowest BCUT2D eigenvalue weighted by atomic mass is 9.74. The van der Waals surface area contributed by atoms with Gasteiger partial charge in [-0.3, -0.25) is 0 Å². The fourth-order valence-corrected chi connectivity index (χ4v) is 7.20. The van der Waals surface area contributed by atoms with Gasteiger partial charge >= 0.3 is 0 Å². The molecule has 2 aliphatic rings. The van der Waals surface area contributed by atoms with Crippen LogP contribution < -0.4 is 4.90 Å². The van der Waals surface area contributed by atoms with Gasteiger partial charge in [0.1, 0.15) is 0 Å². The second-order valence-corrected chi connectivity index (χ2v) is 12.4. The molecule has 6 rings (SSSR count). The summed E-state index contributed by atoms with van der Waals surface area (Å²) in [5.74, 6) is 0. The number of allylic oxidation sites excluding steroid dienone is 6. The van der Waals surface area contributed by atoms with Crippen LogP contribution >= 0.6 is 23.2 Å². The van der Waals surface area contributed by atoms with Crippen molar-refractivity contribution in [1.82, 2.24) is 0 Å². The first-order chi connectivity index (χ1) is 18.6. The highest BCUT2D eigenvalue weighted by atomic mass is 35.5. The Morgan fingerprint density at radius 1 is 0.821 bits per heavy atom. The number of anilines is 1. The fourth-order valence-electron chi connectivity index (χ4n) is 6.88. The predicted octanol–water partition coefficient (Wildman–Crippen LogP) is 10.3. The molecule has 0 fully saturated rings. The van der Waals surface area contributed by atoms with E-state index in [-0.39, 0.29) is 10.8 Å². The molecule has 4 aromatic carbocycles. The lowest BCUT2D eigenvalue weighted by molar-refractivity contribution is 0.578. The highest BCUT2D eigenvalue weighted by Crippen LogP contribution is 2.52. The van der Waals surface area contributed by atoms with Crippen molar-refractivity contribution >= 4 is 45.2 Å². The number of benzene rings is 4. The number of rotatable bonds is 4. The summed E-state index contributed by atoms with van der Waals surface area (Å²) < 4.78 is 0. The third-order valence-corrected chi connectivity index (χ3v) is 9.61. The monoisotopic (exact) mass is 549 g/mol. The van der Waals surface area contributed by atoms with Crippen LogP contribution in [0.2, 0.25) is 10.0 Å². The molecular weight excluding hydrogens is 517 g/mol. The van der Waals surface area contributed by atoms with Crippen LogP contribution in [0.3, 0.4) is 0 Å². The Kier molecular flexibility index (Phi) is 6.29. The summed E-state index contributed by atoms with van der Waals surface area (Å²) in [6.07, 6.45) is 7.72. The van der Waals surface area contributed by atoms with Crippen molar-refractivity contribution in [2.75, 3.05) is 11.9 Å². The average molecular weight is 551 g/mol. The van der Waals surface area contributed by atoms with E-state index in [0.29, 0.717) is 10.0 Å². The normalized spacial score (nSPS) is 20.9. The molecule has 0 radical (unpaired) electrons. The standard InChI is InChI=1S/C36H33Cl2N/c1-23-27-20-31(37)32(38)21-30(27)36(4,22-24-12-7-6-8-13-24)28(23)16-11-17-33-35(2,3)29-19-18-25-14-9-10-15-26(25)34(29)39(33)5/h6-21H,22H2,1-5H3/b16-11+,33-17+. The summed E-state index contributed by atoms with van der Waals surface area (Å²) in [5.41, 5.74) is 9.92. The maximum atomic E-state index is 6.56. The predicted molar refractivity (Wildman–Crippen MR) is 169 cm³/mol. The van der Waals surface area contributed by atoms with Gasteiger partial charge in [-0.2, -0.15) is 0 Å². The molecule has 0 spiro atoms. The summed E-state index contributed by atoms with van der Waals surface area (Å²) in [5, 5.41) is 3.78. The number of hydrogen-bond acceptors (Lipinski definition) is 1. The Morgan fingerprint density at radius 3 is 2.28 bits per heavy atom. The van der Waals surface area contributed by atoms with Crippen LogP contribution in [0.25, 0.3) is 16.3 Å². The molecule has 0 amide bonds. The summed E-state index contributed by atoms with van der Waals surface area (Å²) in [7, 11) is 2.19. The second kappa shape index (κ2) is 9.44. The summed E-state index contributed by atoms with van der Waals surface area (Å²) in [6, 6.07) is 28.0. The average Bonchev–Trinajstić information content (AvgIpc) is 3.24. The zero-order chi connectivity index (χ0) is 27.5. The topological polar surface area (TPSA) is 3.24 Å². The van der Waals surface area contributed by atoms with Crippen LogP contribution in [0.4, 0.5) is 5.69 Å². The first-order valence-corrected chi connectivity index (χ1v) is 14.3. The third-order valence-electron chi connectivity index (χ3n) is 8.89. The lowest BCUT2D eigenvalue weighted by Gasteiger charge is -2.29. The molecule has 39 heavy (non-hydrogen) atoms. The van der Waals surface area contributed by atoms with Crippen molar-refractivity contribution in [3.8, 4) is 0 Å². The summed E-state index contributed by atoms with van der Waals surface area (Å²) in [6.45, 7) is 9.19. The molecule has 0 aromatic heterocycles. The van der Waals surface area contributed by atoms with Crippen molar-refractivity contribution in [3.05, 3.63) is 141 Å². The number of halogens is 2. The Labute approximate surface area is 242 Å². The minimum absolute atomic E-state index is 0.102. The van der Waals surface area contributed by atoms with E-state index in [1.54, 1.807) is 0 Å². The Morgan fingerprint density at radius 2 is 1.51 bits per heavy atom. The van der Waals surface area contributed by atoms with Gasteiger partial charge in [-0.05, 0) is 70.3 Å². The van der Waals surface area contributed by atoms with Gasteiger partial charge in [0, 0.05) is 29.0 Å². The molecule has 1 nitrogen and oxygen atoms in total. The van der Waals surface area contributed by atoms with E-state index < -0.39 is 0 Å². The van der Waals surface area contributed by atoms with E-state index in [0.717, 1.165) is 6.42 Å². The molecule has 1 atom stereocenters. The van der Waals surface area contributed by atoms with Crippen molar-refractivity contribution in [2.24, 2.45) is 0 Å². The largest absolute Gasteiger partial charge is 0.347 e. The molecule has 1 aliphatic heterocycles. The van der Waals surface area contributed by atoms with Gasteiger partial charge < -0.3 is 4.90 Å². The van der Waals surface area contributed by atoms with Gasteiger partial charge in [0.2, 0.25) is 0 Å². The molecule has 0 bridgehead atoms. The van der Waals surface area contributed by atoms with E-state index >= 15 is 0 Å². The van der Waals surface area contributed by atoms with Crippen LogP contribution in [-0.2, 0) is 17.3 Å². The highest BCUT2D eigenvalue weighted by Gasteiger charge is 2.41. The molecule has 1 aliphatic carbocycles. The van der Waals surface area contributed by atoms with E-state index in [2.05, 4.69) is 131 Å². The zero-order valence-corrected chi connectivity index (χ0v) is 24.7. The van der Waals surface area contributed by atoms with Gasteiger partial charge in [-0.15, -0.1) is 0 Å². The second-order valence-electron chi connectivity index (χ2n) is 11.6. The van der Waals surface area contributed by atoms with Crippen molar-refractivity contribution in [2.45, 2.75) is 44.9 Å². The lowest BCUT2D eigenvalue weighted by Crippen LogP contribution is -2.25. The highest BCUT2D eigenvalue weighted by molar-refractivity contribution is 6.42. The minimum atomic E-state index is -0.222. The molecule has 1 heterocycles. The minimum Gasteiger partial charge on any atom is -0.347 e. The molecule has 4 aromatic rings. The van der Waals surface area contributed by atoms with Gasteiger partial charge in [-0.25, -0.2) is 0 Å². The third kappa shape index (κ3) is 4.06. The number of likely N-dealkylation sites (N-methyl/N-ethyl adjacent to an activating group) is 1. The molecule has 3 heteroatoms. The van der Waals surface area contributed by atoms with Crippen LogP contribution in [0.15, 0.2) is 108 Å². The number of hydrogen-bond donors (Lipinski definition) is 0. The molecule has 1 unspecified atom stereocenters.